The Morgan fingerprint density at radius 1 is 1.36 bits per heavy atom. The van der Waals surface area contributed by atoms with E-state index >= 15 is 0 Å². The van der Waals surface area contributed by atoms with Gasteiger partial charge in [-0.25, -0.2) is 4.39 Å². The van der Waals surface area contributed by atoms with E-state index in [1.165, 1.54) is 0 Å². The maximum absolute atomic E-state index is 13.7. The third kappa shape index (κ3) is 1.88. The van der Waals surface area contributed by atoms with Crippen LogP contribution in [0, 0.1) is 17.2 Å². The molecule has 0 bridgehead atoms. The maximum atomic E-state index is 13.7. The van der Waals surface area contributed by atoms with Crippen molar-refractivity contribution >= 4 is 10.1 Å². The third-order valence-electron chi connectivity index (χ3n) is 2.66. The zero-order valence-electron chi connectivity index (χ0n) is 7.61. The van der Waals surface area contributed by atoms with Gasteiger partial charge in [0.05, 0.1) is 0 Å². The van der Waals surface area contributed by atoms with Crippen molar-refractivity contribution in [2.45, 2.75) is 37.1 Å². The third-order valence-corrected chi connectivity index (χ3v) is 3.83. The molecule has 14 heavy (non-hydrogen) atoms. The molecule has 1 fully saturated rings. The molecule has 80 valence electrons. The fourth-order valence-corrected chi connectivity index (χ4v) is 2.61. The number of halogens is 1. The fourth-order valence-electron chi connectivity index (χ4n) is 1.83. The van der Waals surface area contributed by atoms with Gasteiger partial charge in [-0.1, -0.05) is 19.3 Å². The average molecular weight is 221 g/mol. The first kappa shape index (κ1) is 11.4. The molecule has 0 aliphatic heterocycles. The van der Waals surface area contributed by atoms with Crippen LogP contribution in [0.15, 0.2) is 0 Å². The Hall–Kier alpha value is -0.670. The zero-order valence-corrected chi connectivity index (χ0v) is 8.43. The van der Waals surface area contributed by atoms with Crippen LogP contribution < -0.4 is 0 Å². The second kappa shape index (κ2) is 3.83. The van der Waals surface area contributed by atoms with Gasteiger partial charge >= 0.3 is 15.1 Å². The van der Waals surface area contributed by atoms with Crippen LogP contribution in [-0.4, -0.2) is 18.0 Å². The van der Waals surface area contributed by atoms with Crippen molar-refractivity contribution in [3.63, 3.8) is 0 Å². The summed E-state index contributed by atoms with van der Waals surface area (Å²) in [5.41, 5.74) is 0. The van der Waals surface area contributed by atoms with Gasteiger partial charge in [-0.2, -0.15) is 13.7 Å². The lowest BCUT2D eigenvalue weighted by Gasteiger charge is -2.28. The van der Waals surface area contributed by atoms with E-state index in [4.69, 9.17) is 9.81 Å². The zero-order chi connectivity index (χ0) is 10.8. The smallest absolute Gasteiger partial charge is 0.282 e. The molecule has 1 saturated carbocycles. The molecule has 0 spiro atoms. The molecule has 1 N–H and O–H groups in total. The number of rotatable bonds is 2. The van der Waals surface area contributed by atoms with E-state index in [0.717, 1.165) is 12.5 Å². The summed E-state index contributed by atoms with van der Waals surface area (Å²) in [6.07, 6.45) is 3.00. The van der Waals surface area contributed by atoms with E-state index in [2.05, 4.69) is 0 Å². The molecule has 1 aliphatic carbocycles. The molecule has 0 radical (unpaired) electrons. The largest absolute Gasteiger partial charge is 0.321 e. The van der Waals surface area contributed by atoms with Gasteiger partial charge in [0.25, 0.3) is 0 Å². The minimum atomic E-state index is -4.94. The second-order valence-corrected chi connectivity index (χ2v) is 5.11. The van der Waals surface area contributed by atoms with Crippen LogP contribution >= 0.6 is 0 Å². The topological polar surface area (TPSA) is 78.2 Å². The van der Waals surface area contributed by atoms with Crippen molar-refractivity contribution in [1.82, 2.24) is 0 Å². The van der Waals surface area contributed by atoms with Crippen LogP contribution in [0.2, 0.25) is 0 Å². The highest BCUT2D eigenvalue weighted by molar-refractivity contribution is 7.87. The van der Waals surface area contributed by atoms with Gasteiger partial charge < -0.3 is 0 Å². The van der Waals surface area contributed by atoms with Crippen LogP contribution in [0.4, 0.5) is 4.39 Å². The lowest BCUT2D eigenvalue weighted by molar-refractivity contribution is 0.174. The van der Waals surface area contributed by atoms with Gasteiger partial charge in [-0.15, -0.1) is 0 Å². The van der Waals surface area contributed by atoms with Gasteiger partial charge in [0.1, 0.15) is 6.07 Å². The normalized spacial score (nSPS) is 23.8. The summed E-state index contributed by atoms with van der Waals surface area (Å²) in [5.74, 6) is -0.892. The Balaban J connectivity index is 2.96. The molecule has 6 heteroatoms. The van der Waals surface area contributed by atoms with E-state index in [1.807, 2.05) is 0 Å². The Kier molecular flexibility index (Phi) is 3.12. The molecular formula is C8H12FNO3S. The second-order valence-electron chi connectivity index (χ2n) is 3.57. The van der Waals surface area contributed by atoms with Crippen molar-refractivity contribution in [2.75, 3.05) is 0 Å². The van der Waals surface area contributed by atoms with Gasteiger partial charge in [0, 0.05) is 5.92 Å². The highest BCUT2D eigenvalue weighted by Gasteiger charge is 2.51. The van der Waals surface area contributed by atoms with Crippen LogP contribution in [0.5, 0.6) is 0 Å². The molecule has 0 saturated heterocycles. The molecular weight excluding hydrogens is 209 g/mol. The van der Waals surface area contributed by atoms with E-state index in [9.17, 15) is 12.8 Å². The van der Waals surface area contributed by atoms with Crippen molar-refractivity contribution in [3.05, 3.63) is 0 Å². The number of nitriles is 1. The van der Waals surface area contributed by atoms with Crippen molar-refractivity contribution in [3.8, 4) is 6.07 Å². The van der Waals surface area contributed by atoms with Gasteiger partial charge in [0.15, 0.2) is 0 Å². The number of hydrogen-bond acceptors (Lipinski definition) is 3. The summed E-state index contributed by atoms with van der Waals surface area (Å²) < 4.78 is 43.9. The molecule has 1 unspecified atom stereocenters. The fraction of sp³-hybridized carbons (Fsp3) is 0.875. The lowest BCUT2D eigenvalue weighted by atomic mass is 9.86. The minimum Gasteiger partial charge on any atom is -0.282 e. The SMILES string of the molecule is N#CC(F)(C1CCCCC1)S(=O)(=O)O. The molecule has 1 atom stereocenters. The van der Waals surface area contributed by atoms with Gasteiger partial charge in [-0.05, 0) is 12.8 Å². The predicted molar refractivity (Wildman–Crippen MR) is 47.6 cm³/mol. The highest BCUT2D eigenvalue weighted by Crippen LogP contribution is 2.38. The quantitative estimate of drug-likeness (QED) is 0.719. The summed E-state index contributed by atoms with van der Waals surface area (Å²) in [6.45, 7) is 0. The monoisotopic (exact) mass is 221 g/mol. The Morgan fingerprint density at radius 2 is 1.86 bits per heavy atom. The molecule has 4 nitrogen and oxygen atoms in total. The summed E-state index contributed by atoms with van der Waals surface area (Å²) in [6, 6.07) is 1.08. The molecule has 0 heterocycles. The molecule has 0 aromatic heterocycles. The van der Waals surface area contributed by atoms with E-state index < -0.39 is 21.0 Å². The molecule has 0 aromatic rings. The van der Waals surface area contributed by atoms with E-state index in [1.54, 1.807) is 0 Å². The van der Waals surface area contributed by atoms with Crippen molar-refractivity contribution in [2.24, 2.45) is 5.92 Å². The number of alkyl halides is 1. The van der Waals surface area contributed by atoms with Crippen molar-refractivity contribution in [1.29, 1.82) is 5.26 Å². The predicted octanol–water partition coefficient (Wildman–Crippen LogP) is 1.64. The summed E-state index contributed by atoms with van der Waals surface area (Å²) in [4.78, 5) is 0. The number of hydrogen-bond donors (Lipinski definition) is 1. The summed E-state index contributed by atoms with van der Waals surface area (Å²) in [7, 11) is -4.94. The number of nitrogens with zero attached hydrogens (tertiary/aromatic N) is 1. The molecule has 0 amide bonds. The van der Waals surface area contributed by atoms with Crippen LogP contribution in [0.1, 0.15) is 32.1 Å². The standard InChI is InChI=1S/C8H12FNO3S/c9-8(6-10,14(11,12)13)7-4-2-1-3-5-7/h7H,1-5H2,(H,11,12,13). The molecule has 0 aromatic carbocycles. The molecule has 1 rings (SSSR count). The lowest BCUT2D eigenvalue weighted by Crippen LogP contribution is -2.40. The first-order chi connectivity index (χ1) is 6.42. The van der Waals surface area contributed by atoms with Gasteiger partial charge in [-0.3, -0.25) is 4.55 Å². The molecule has 1 aliphatic rings. The van der Waals surface area contributed by atoms with Crippen LogP contribution in [0.25, 0.3) is 0 Å². The Bertz CT molecular complexity index is 342. The Labute approximate surface area is 82.5 Å². The first-order valence-electron chi connectivity index (χ1n) is 4.49. The average Bonchev–Trinajstić information content (AvgIpc) is 2.16. The Morgan fingerprint density at radius 3 is 2.21 bits per heavy atom. The summed E-state index contributed by atoms with van der Waals surface area (Å²) in [5, 5.41) is 5.39. The van der Waals surface area contributed by atoms with E-state index in [0.29, 0.717) is 25.7 Å². The van der Waals surface area contributed by atoms with Crippen LogP contribution in [-0.2, 0) is 10.1 Å². The summed E-state index contributed by atoms with van der Waals surface area (Å²) >= 11 is 0. The van der Waals surface area contributed by atoms with Gasteiger partial charge in [0.2, 0.25) is 0 Å². The van der Waals surface area contributed by atoms with Crippen molar-refractivity contribution < 1.29 is 17.4 Å². The first-order valence-corrected chi connectivity index (χ1v) is 5.93. The minimum absolute atomic E-state index is 0.337. The highest BCUT2D eigenvalue weighted by atomic mass is 32.2. The van der Waals surface area contributed by atoms with E-state index in [-0.39, 0.29) is 0 Å². The maximum Gasteiger partial charge on any atom is 0.321 e. The van der Waals surface area contributed by atoms with Crippen LogP contribution in [0.3, 0.4) is 0 Å².